The Hall–Kier alpha value is -1.92. The summed E-state index contributed by atoms with van der Waals surface area (Å²) >= 11 is 0. The monoisotopic (exact) mass is 372 g/mol. The second-order valence-electron chi connectivity index (χ2n) is 7.94. The molecule has 148 valence electrons. The van der Waals surface area contributed by atoms with Crippen LogP contribution in [0.15, 0.2) is 24.3 Å². The van der Waals surface area contributed by atoms with E-state index in [4.69, 9.17) is 0 Å². The minimum absolute atomic E-state index is 0.0400. The molecule has 2 aliphatic rings. The van der Waals surface area contributed by atoms with Gasteiger partial charge in [0.1, 0.15) is 6.54 Å². The zero-order valence-electron chi connectivity index (χ0n) is 16.7. The summed E-state index contributed by atoms with van der Waals surface area (Å²) in [5.41, 5.74) is 1.92. The van der Waals surface area contributed by atoms with E-state index in [1.54, 1.807) is 4.90 Å². The number of carbonyl (C=O) groups is 2. The molecule has 2 aliphatic heterocycles. The van der Waals surface area contributed by atoms with Gasteiger partial charge in [0.15, 0.2) is 0 Å². The highest BCUT2D eigenvalue weighted by Crippen LogP contribution is 2.15. The van der Waals surface area contributed by atoms with Gasteiger partial charge in [0, 0.05) is 38.3 Å². The van der Waals surface area contributed by atoms with Gasteiger partial charge in [-0.3, -0.25) is 14.5 Å². The third kappa shape index (κ3) is 5.53. The average molecular weight is 373 g/mol. The second kappa shape index (κ2) is 9.33. The first-order valence-electron chi connectivity index (χ1n) is 10.1. The molecule has 0 radical (unpaired) electrons. The van der Waals surface area contributed by atoms with Gasteiger partial charge in [-0.05, 0) is 57.7 Å². The van der Waals surface area contributed by atoms with Gasteiger partial charge in [-0.2, -0.15) is 0 Å². The summed E-state index contributed by atoms with van der Waals surface area (Å²) in [5.74, 6) is -0.00157. The van der Waals surface area contributed by atoms with Crippen LogP contribution in [0.5, 0.6) is 0 Å². The molecule has 1 aromatic carbocycles. The molecule has 0 N–H and O–H groups in total. The van der Waals surface area contributed by atoms with Crippen molar-refractivity contribution in [1.82, 2.24) is 19.6 Å². The molecular weight excluding hydrogens is 340 g/mol. The molecule has 3 rings (SSSR count). The molecule has 0 bridgehead atoms. The van der Waals surface area contributed by atoms with Gasteiger partial charge >= 0.3 is 0 Å². The first-order valence-corrected chi connectivity index (χ1v) is 10.1. The Kier molecular flexibility index (Phi) is 6.85. The Balaban J connectivity index is 1.52. The molecule has 1 aromatic rings. The zero-order chi connectivity index (χ0) is 19.2. The van der Waals surface area contributed by atoms with Crippen LogP contribution in [0.1, 0.15) is 35.2 Å². The van der Waals surface area contributed by atoms with Crippen LogP contribution in [0.3, 0.4) is 0 Å². The summed E-state index contributed by atoms with van der Waals surface area (Å²) in [6.07, 6.45) is 3.90. The largest absolute Gasteiger partial charge is 0.338 e. The molecule has 6 nitrogen and oxygen atoms in total. The molecular formula is C21H32N4O2. The fourth-order valence-corrected chi connectivity index (χ4v) is 3.75. The van der Waals surface area contributed by atoms with Crippen molar-refractivity contribution in [2.24, 2.45) is 0 Å². The quantitative estimate of drug-likeness (QED) is 0.760. The molecule has 2 amide bonds. The first-order chi connectivity index (χ1) is 13.0. The van der Waals surface area contributed by atoms with Crippen molar-refractivity contribution in [3.8, 4) is 0 Å². The van der Waals surface area contributed by atoms with E-state index in [2.05, 4.69) is 21.9 Å². The number of piperidine rings is 1. The molecule has 0 atom stereocenters. The van der Waals surface area contributed by atoms with E-state index in [0.717, 1.165) is 19.6 Å². The van der Waals surface area contributed by atoms with Gasteiger partial charge in [-0.15, -0.1) is 0 Å². The topological polar surface area (TPSA) is 47.1 Å². The number of rotatable bonds is 6. The maximum atomic E-state index is 12.8. The molecule has 27 heavy (non-hydrogen) atoms. The minimum atomic E-state index is -0.0415. The maximum absolute atomic E-state index is 12.8. The Morgan fingerprint density at radius 2 is 1.70 bits per heavy atom. The van der Waals surface area contributed by atoms with E-state index >= 15 is 0 Å². The van der Waals surface area contributed by atoms with E-state index in [-0.39, 0.29) is 18.4 Å². The summed E-state index contributed by atoms with van der Waals surface area (Å²) in [6.45, 7) is 6.26. The van der Waals surface area contributed by atoms with Gasteiger partial charge in [-0.25, -0.2) is 0 Å². The summed E-state index contributed by atoms with van der Waals surface area (Å²) in [7, 11) is 4.00. The predicted molar refractivity (Wildman–Crippen MR) is 107 cm³/mol. The highest BCUT2D eigenvalue weighted by atomic mass is 16.2. The lowest BCUT2D eigenvalue weighted by Crippen LogP contribution is -2.53. The lowest BCUT2D eigenvalue weighted by molar-refractivity contribution is -0.135. The second-order valence-corrected chi connectivity index (χ2v) is 7.94. The third-order valence-corrected chi connectivity index (χ3v) is 5.48. The van der Waals surface area contributed by atoms with E-state index in [1.807, 2.05) is 31.1 Å². The van der Waals surface area contributed by atoms with Crippen molar-refractivity contribution in [3.05, 3.63) is 35.4 Å². The molecule has 0 saturated carbocycles. The van der Waals surface area contributed by atoms with E-state index in [1.165, 1.54) is 37.9 Å². The molecule has 6 heteroatoms. The molecule has 0 aliphatic carbocycles. The SMILES string of the molecule is CN(C)CCN1CCN(C(=O)c2ccc(CN3CCCCC3)cc2)CC1=O. The Morgan fingerprint density at radius 1 is 1.00 bits per heavy atom. The van der Waals surface area contributed by atoms with E-state index < -0.39 is 0 Å². The summed E-state index contributed by atoms with van der Waals surface area (Å²) in [5, 5.41) is 0. The van der Waals surface area contributed by atoms with Crippen LogP contribution in [0.2, 0.25) is 0 Å². The molecule has 0 aromatic heterocycles. The maximum Gasteiger partial charge on any atom is 0.254 e. The number of amides is 2. The number of hydrogen-bond acceptors (Lipinski definition) is 4. The molecule has 2 fully saturated rings. The van der Waals surface area contributed by atoms with Crippen LogP contribution < -0.4 is 0 Å². The predicted octanol–water partition coefficient (Wildman–Crippen LogP) is 1.52. The standard InChI is InChI=1S/C21H32N4O2/c1-22(2)12-13-24-14-15-25(17-20(24)26)21(27)19-8-6-18(7-9-19)16-23-10-4-3-5-11-23/h6-9H,3-5,10-17H2,1-2H3. The summed E-state index contributed by atoms with van der Waals surface area (Å²) in [6, 6.07) is 7.92. The van der Waals surface area contributed by atoms with Crippen LogP contribution in [0.25, 0.3) is 0 Å². The molecule has 2 saturated heterocycles. The van der Waals surface area contributed by atoms with Crippen LogP contribution in [-0.2, 0) is 11.3 Å². The van der Waals surface area contributed by atoms with E-state index in [9.17, 15) is 9.59 Å². The normalized spacial score (nSPS) is 19.0. The van der Waals surface area contributed by atoms with Crippen molar-refractivity contribution in [2.75, 3.05) is 59.9 Å². The average Bonchev–Trinajstić information content (AvgIpc) is 2.68. The Labute approximate surface area is 162 Å². The highest BCUT2D eigenvalue weighted by Gasteiger charge is 2.27. The Morgan fingerprint density at radius 3 is 2.33 bits per heavy atom. The van der Waals surface area contributed by atoms with Gasteiger partial charge in [-0.1, -0.05) is 18.6 Å². The first kappa shape index (κ1) is 19.8. The van der Waals surface area contributed by atoms with Gasteiger partial charge in [0.25, 0.3) is 5.91 Å². The van der Waals surface area contributed by atoms with Crippen molar-refractivity contribution in [1.29, 1.82) is 0 Å². The number of benzene rings is 1. The number of likely N-dealkylation sites (N-methyl/N-ethyl adjacent to an activating group) is 1. The summed E-state index contributed by atoms with van der Waals surface area (Å²) < 4.78 is 0. The number of hydrogen-bond donors (Lipinski definition) is 0. The van der Waals surface area contributed by atoms with Crippen LogP contribution in [0, 0.1) is 0 Å². The van der Waals surface area contributed by atoms with Gasteiger partial charge < -0.3 is 14.7 Å². The van der Waals surface area contributed by atoms with Gasteiger partial charge in [0.2, 0.25) is 5.91 Å². The van der Waals surface area contributed by atoms with Crippen molar-refractivity contribution in [2.45, 2.75) is 25.8 Å². The fraction of sp³-hybridized carbons (Fsp3) is 0.619. The van der Waals surface area contributed by atoms with Crippen molar-refractivity contribution < 1.29 is 9.59 Å². The summed E-state index contributed by atoms with van der Waals surface area (Å²) in [4.78, 5) is 33.2. The zero-order valence-corrected chi connectivity index (χ0v) is 16.7. The Bertz CT molecular complexity index is 638. The third-order valence-electron chi connectivity index (χ3n) is 5.48. The van der Waals surface area contributed by atoms with Crippen LogP contribution in [-0.4, -0.2) is 91.3 Å². The number of nitrogens with zero attached hydrogens (tertiary/aromatic N) is 4. The number of carbonyl (C=O) groups excluding carboxylic acids is 2. The minimum Gasteiger partial charge on any atom is -0.338 e. The lowest BCUT2D eigenvalue weighted by atomic mass is 10.1. The number of piperazine rings is 1. The lowest BCUT2D eigenvalue weighted by Gasteiger charge is -2.35. The smallest absolute Gasteiger partial charge is 0.254 e. The molecule has 0 unspecified atom stereocenters. The van der Waals surface area contributed by atoms with Gasteiger partial charge in [0.05, 0.1) is 0 Å². The van der Waals surface area contributed by atoms with Crippen molar-refractivity contribution >= 4 is 11.8 Å². The van der Waals surface area contributed by atoms with E-state index in [0.29, 0.717) is 18.7 Å². The highest BCUT2D eigenvalue weighted by molar-refractivity contribution is 5.97. The fourth-order valence-electron chi connectivity index (χ4n) is 3.75. The van der Waals surface area contributed by atoms with Crippen molar-refractivity contribution in [3.63, 3.8) is 0 Å². The molecule has 0 spiro atoms. The number of likely N-dealkylation sites (tertiary alicyclic amines) is 1. The van der Waals surface area contributed by atoms with Crippen LogP contribution >= 0.6 is 0 Å². The molecule has 2 heterocycles. The van der Waals surface area contributed by atoms with Crippen LogP contribution in [0.4, 0.5) is 0 Å².